The second-order valence-electron chi connectivity index (χ2n) is 5.03. The summed E-state index contributed by atoms with van der Waals surface area (Å²) in [5.74, 6) is -0.914. The molecule has 0 aliphatic rings. The molecule has 0 aromatic carbocycles. The molecule has 0 aliphatic carbocycles. The molecule has 0 saturated heterocycles. The Hall–Kier alpha value is -1.06. The summed E-state index contributed by atoms with van der Waals surface area (Å²) in [4.78, 5) is 21.2. The molecule has 0 amide bonds. The number of hydrogen-bond acceptors (Lipinski definition) is 2. The van der Waals surface area contributed by atoms with Crippen LogP contribution in [0, 0.1) is 11.8 Å². The lowest BCUT2D eigenvalue weighted by Gasteiger charge is -2.14. The van der Waals surface area contributed by atoms with Gasteiger partial charge in [-0.25, -0.2) is 0 Å². The molecule has 0 saturated carbocycles. The molecule has 2 unspecified atom stereocenters. The van der Waals surface area contributed by atoms with Gasteiger partial charge in [0.05, 0.1) is 0 Å². The smallest absolute Gasteiger partial charge is 0.303 e. The van der Waals surface area contributed by atoms with Gasteiger partial charge in [0.2, 0.25) is 0 Å². The maximum Gasteiger partial charge on any atom is 0.303 e. The Labute approximate surface area is 109 Å². The summed E-state index contributed by atoms with van der Waals surface area (Å²) in [5, 5.41) is 17.5. The molecule has 18 heavy (non-hydrogen) atoms. The molecule has 0 bridgehead atoms. The van der Waals surface area contributed by atoms with Crippen LogP contribution in [0.3, 0.4) is 0 Å². The van der Waals surface area contributed by atoms with Crippen LogP contribution in [0.1, 0.15) is 65.2 Å². The van der Waals surface area contributed by atoms with Gasteiger partial charge < -0.3 is 10.2 Å². The number of rotatable bonds is 11. The fourth-order valence-electron chi connectivity index (χ4n) is 2.26. The Balaban J connectivity index is 3.75. The average molecular weight is 258 g/mol. The highest BCUT2D eigenvalue weighted by molar-refractivity contribution is 5.67. The molecule has 0 aliphatic heterocycles. The van der Waals surface area contributed by atoms with E-state index < -0.39 is 11.9 Å². The van der Waals surface area contributed by atoms with Crippen molar-refractivity contribution in [2.75, 3.05) is 0 Å². The van der Waals surface area contributed by atoms with Crippen molar-refractivity contribution in [2.45, 2.75) is 65.2 Å². The molecule has 0 aromatic heterocycles. The van der Waals surface area contributed by atoms with Crippen LogP contribution in [0.15, 0.2) is 0 Å². The van der Waals surface area contributed by atoms with Crippen molar-refractivity contribution < 1.29 is 19.8 Å². The zero-order valence-corrected chi connectivity index (χ0v) is 11.5. The number of carbonyl (C=O) groups is 2. The Morgan fingerprint density at radius 3 is 1.39 bits per heavy atom. The van der Waals surface area contributed by atoms with Gasteiger partial charge in [0.1, 0.15) is 0 Å². The lowest BCUT2D eigenvalue weighted by Crippen LogP contribution is -2.08. The summed E-state index contributed by atoms with van der Waals surface area (Å²) < 4.78 is 0. The summed E-state index contributed by atoms with van der Waals surface area (Å²) in [6.07, 6.45) is 6.19. The summed E-state index contributed by atoms with van der Waals surface area (Å²) >= 11 is 0. The third-order valence-electron chi connectivity index (χ3n) is 3.56. The van der Waals surface area contributed by atoms with Crippen LogP contribution in [-0.2, 0) is 9.59 Å². The van der Waals surface area contributed by atoms with Crippen LogP contribution < -0.4 is 0 Å². The predicted octanol–water partition coefficient (Wildman–Crippen LogP) is 3.55. The minimum atomic E-state index is -0.723. The highest BCUT2D eigenvalue weighted by Crippen LogP contribution is 2.21. The van der Waals surface area contributed by atoms with E-state index in [1.807, 2.05) is 13.8 Å². The van der Waals surface area contributed by atoms with Gasteiger partial charge in [-0.3, -0.25) is 9.59 Å². The summed E-state index contributed by atoms with van der Waals surface area (Å²) in [6.45, 7) is 4.04. The fourth-order valence-corrected chi connectivity index (χ4v) is 2.26. The Morgan fingerprint density at radius 1 is 0.833 bits per heavy atom. The minimum Gasteiger partial charge on any atom is -0.481 e. The summed E-state index contributed by atoms with van der Waals surface area (Å²) in [5.41, 5.74) is 0. The van der Waals surface area contributed by atoms with Gasteiger partial charge in [0.15, 0.2) is 0 Å². The van der Waals surface area contributed by atoms with Crippen LogP contribution in [0.25, 0.3) is 0 Å². The highest BCUT2D eigenvalue weighted by Gasteiger charge is 2.13. The normalized spacial score (nSPS) is 14.1. The zero-order chi connectivity index (χ0) is 14.0. The van der Waals surface area contributed by atoms with E-state index in [-0.39, 0.29) is 24.7 Å². The van der Waals surface area contributed by atoms with Crippen molar-refractivity contribution in [3.8, 4) is 0 Å². The third kappa shape index (κ3) is 9.02. The lowest BCUT2D eigenvalue weighted by molar-refractivity contribution is -0.139. The monoisotopic (exact) mass is 258 g/mol. The van der Waals surface area contributed by atoms with Crippen LogP contribution in [0.2, 0.25) is 0 Å². The van der Waals surface area contributed by atoms with Gasteiger partial charge >= 0.3 is 11.9 Å². The molecule has 106 valence electrons. The van der Waals surface area contributed by atoms with E-state index in [9.17, 15) is 9.59 Å². The zero-order valence-electron chi connectivity index (χ0n) is 11.5. The Kier molecular flexibility index (Phi) is 9.33. The largest absolute Gasteiger partial charge is 0.481 e. The summed E-state index contributed by atoms with van der Waals surface area (Å²) in [6, 6.07) is 0. The van der Waals surface area contributed by atoms with Crippen LogP contribution >= 0.6 is 0 Å². The predicted molar refractivity (Wildman–Crippen MR) is 70.5 cm³/mol. The number of aliphatic carboxylic acids is 2. The molecule has 2 atom stereocenters. The van der Waals surface area contributed by atoms with E-state index in [4.69, 9.17) is 10.2 Å². The van der Waals surface area contributed by atoms with E-state index in [2.05, 4.69) is 0 Å². The van der Waals surface area contributed by atoms with Gasteiger partial charge in [0, 0.05) is 12.8 Å². The molecule has 0 spiro atoms. The molecule has 2 N–H and O–H groups in total. The van der Waals surface area contributed by atoms with E-state index in [1.54, 1.807) is 0 Å². The van der Waals surface area contributed by atoms with Crippen molar-refractivity contribution >= 4 is 11.9 Å². The second-order valence-corrected chi connectivity index (χ2v) is 5.03. The summed E-state index contributed by atoms with van der Waals surface area (Å²) in [7, 11) is 0. The quantitative estimate of drug-likeness (QED) is 0.556. The highest BCUT2D eigenvalue weighted by atomic mass is 16.4. The second kappa shape index (κ2) is 9.92. The molecule has 4 nitrogen and oxygen atoms in total. The van der Waals surface area contributed by atoms with Crippen LogP contribution in [0.5, 0.6) is 0 Å². The van der Waals surface area contributed by atoms with Crippen molar-refractivity contribution in [1.29, 1.82) is 0 Å². The molecule has 0 aromatic rings. The molecule has 0 radical (unpaired) electrons. The number of carboxylic acid groups (broad SMARTS) is 2. The van der Waals surface area contributed by atoms with Crippen molar-refractivity contribution in [3.63, 3.8) is 0 Å². The Bertz CT molecular complexity index is 224. The number of unbranched alkanes of at least 4 members (excludes halogenated alkanes) is 1. The fraction of sp³-hybridized carbons (Fsp3) is 0.857. The van der Waals surface area contributed by atoms with Gasteiger partial charge in [-0.05, 0) is 24.7 Å². The Morgan fingerprint density at radius 2 is 1.17 bits per heavy atom. The standard InChI is InChI=1S/C14H26O4/c1-3-11(9-13(15)16)7-5-6-8-12(4-2)10-14(17)18/h11-12H,3-10H2,1-2H3,(H,15,16)(H,17,18). The van der Waals surface area contributed by atoms with Gasteiger partial charge in [-0.15, -0.1) is 0 Å². The molecule has 0 fully saturated rings. The van der Waals surface area contributed by atoms with Gasteiger partial charge in [0.25, 0.3) is 0 Å². The first-order valence-corrected chi connectivity index (χ1v) is 6.93. The van der Waals surface area contributed by atoms with Gasteiger partial charge in [-0.2, -0.15) is 0 Å². The number of hydrogen-bond donors (Lipinski definition) is 2. The molecule has 4 heteroatoms. The molecule has 0 heterocycles. The van der Waals surface area contributed by atoms with Crippen molar-refractivity contribution in [2.24, 2.45) is 11.8 Å². The first kappa shape index (κ1) is 16.9. The first-order chi connectivity index (χ1) is 8.49. The number of carboxylic acids is 2. The van der Waals surface area contributed by atoms with E-state index in [0.717, 1.165) is 38.5 Å². The van der Waals surface area contributed by atoms with Crippen LogP contribution in [0.4, 0.5) is 0 Å². The SMILES string of the molecule is CCC(CCCCC(CC)CC(=O)O)CC(=O)O. The maximum absolute atomic E-state index is 10.6. The first-order valence-electron chi connectivity index (χ1n) is 6.93. The van der Waals surface area contributed by atoms with Crippen molar-refractivity contribution in [3.05, 3.63) is 0 Å². The molecular formula is C14H26O4. The maximum atomic E-state index is 10.6. The van der Waals surface area contributed by atoms with Crippen molar-refractivity contribution in [1.82, 2.24) is 0 Å². The van der Waals surface area contributed by atoms with Gasteiger partial charge in [-0.1, -0.05) is 39.5 Å². The van der Waals surface area contributed by atoms with E-state index in [0.29, 0.717) is 0 Å². The van der Waals surface area contributed by atoms with Crippen LogP contribution in [-0.4, -0.2) is 22.2 Å². The van der Waals surface area contributed by atoms with E-state index in [1.165, 1.54) is 0 Å². The third-order valence-corrected chi connectivity index (χ3v) is 3.56. The minimum absolute atomic E-state index is 0.253. The molecule has 0 rings (SSSR count). The lowest BCUT2D eigenvalue weighted by atomic mass is 9.91. The topological polar surface area (TPSA) is 74.6 Å². The average Bonchev–Trinajstić information content (AvgIpc) is 2.30. The molecular weight excluding hydrogens is 232 g/mol. The van der Waals surface area contributed by atoms with E-state index >= 15 is 0 Å².